The van der Waals surface area contributed by atoms with Crippen LogP contribution in [0.15, 0.2) is 17.1 Å². The van der Waals surface area contributed by atoms with Gasteiger partial charge in [0.1, 0.15) is 6.26 Å². The largest absolute Gasteiger partial charge is 0.451 e. The van der Waals surface area contributed by atoms with Crippen LogP contribution in [0.1, 0.15) is 25.0 Å². The summed E-state index contributed by atoms with van der Waals surface area (Å²) < 4.78 is 4.83. The monoisotopic (exact) mass is 194 g/mol. The van der Waals surface area contributed by atoms with E-state index in [1.165, 1.54) is 12.8 Å². The predicted octanol–water partition coefficient (Wildman–Crippen LogP) is 1.13. The van der Waals surface area contributed by atoms with Gasteiger partial charge in [-0.25, -0.2) is 4.98 Å². The van der Waals surface area contributed by atoms with Gasteiger partial charge in [-0.3, -0.25) is 4.79 Å². The van der Waals surface area contributed by atoms with Crippen LogP contribution in [0.3, 0.4) is 0 Å². The molecule has 1 aromatic rings. The number of hydrogen-bond donors (Lipinski definition) is 1. The number of oxazole rings is 1. The lowest BCUT2D eigenvalue weighted by Gasteiger charge is -2.23. The van der Waals surface area contributed by atoms with E-state index in [4.69, 9.17) is 4.42 Å². The molecule has 1 amide bonds. The van der Waals surface area contributed by atoms with Crippen molar-refractivity contribution in [1.29, 1.82) is 0 Å². The van der Waals surface area contributed by atoms with E-state index in [9.17, 15) is 4.79 Å². The molecule has 4 nitrogen and oxygen atoms in total. The average molecular weight is 194 g/mol. The zero-order chi connectivity index (χ0) is 9.80. The molecular weight excluding hydrogens is 180 g/mol. The normalized spacial score (nSPS) is 16.3. The van der Waals surface area contributed by atoms with Crippen LogP contribution in [-0.2, 0) is 11.2 Å². The Bertz CT molecular complexity index is 291. The van der Waals surface area contributed by atoms with Crippen molar-refractivity contribution in [3.63, 3.8) is 0 Å². The molecule has 0 spiro atoms. The Kier molecular flexibility index (Phi) is 2.81. The average Bonchev–Trinajstić information content (AvgIpc) is 2.53. The van der Waals surface area contributed by atoms with Gasteiger partial charge in [0.05, 0.1) is 5.69 Å². The zero-order valence-electron chi connectivity index (χ0n) is 8.03. The second-order valence-electron chi connectivity index (χ2n) is 3.65. The number of carbonyl (C=O) groups excluding carboxylic acids is 1. The molecule has 0 unspecified atom stereocenters. The van der Waals surface area contributed by atoms with E-state index in [0.717, 1.165) is 25.0 Å². The van der Waals surface area contributed by atoms with Gasteiger partial charge in [0, 0.05) is 18.9 Å². The van der Waals surface area contributed by atoms with E-state index < -0.39 is 0 Å². The van der Waals surface area contributed by atoms with Gasteiger partial charge < -0.3 is 9.73 Å². The molecule has 1 aromatic heterocycles. The van der Waals surface area contributed by atoms with Crippen molar-refractivity contribution < 1.29 is 9.21 Å². The lowest BCUT2D eigenvalue weighted by Crippen LogP contribution is -2.35. The molecule has 1 heterocycles. The summed E-state index contributed by atoms with van der Waals surface area (Å²) in [6.07, 6.45) is 7.06. The Morgan fingerprint density at radius 2 is 2.50 bits per heavy atom. The summed E-state index contributed by atoms with van der Waals surface area (Å²) in [7, 11) is 0. The number of hydrogen-bond acceptors (Lipinski definition) is 3. The van der Waals surface area contributed by atoms with Crippen LogP contribution < -0.4 is 5.32 Å². The van der Waals surface area contributed by atoms with Crippen LogP contribution >= 0.6 is 0 Å². The minimum atomic E-state index is 0.194. The number of aromatic nitrogens is 1. The Morgan fingerprint density at radius 3 is 3.07 bits per heavy atom. The van der Waals surface area contributed by atoms with Crippen LogP contribution in [-0.4, -0.2) is 17.4 Å². The molecule has 1 saturated carbocycles. The fourth-order valence-corrected chi connectivity index (χ4v) is 1.49. The fourth-order valence-electron chi connectivity index (χ4n) is 1.49. The van der Waals surface area contributed by atoms with Crippen molar-refractivity contribution in [3.8, 4) is 0 Å². The van der Waals surface area contributed by atoms with E-state index in [-0.39, 0.29) is 11.8 Å². The first kappa shape index (κ1) is 9.24. The molecule has 14 heavy (non-hydrogen) atoms. The van der Waals surface area contributed by atoms with Gasteiger partial charge >= 0.3 is 0 Å². The molecule has 2 rings (SSSR count). The van der Waals surface area contributed by atoms with Crippen LogP contribution in [0.25, 0.3) is 0 Å². The van der Waals surface area contributed by atoms with E-state index in [2.05, 4.69) is 10.3 Å². The number of rotatable bonds is 4. The Labute approximate surface area is 82.7 Å². The first-order valence-corrected chi connectivity index (χ1v) is 5.01. The van der Waals surface area contributed by atoms with Crippen molar-refractivity contribution in [2.75, 3.05) is 6.54 Å². The van der Waals surface area contributed by atoms with E-state index >= 15 is 0 Å². The smallest absolute Gasteiger partial charge is 0.223 e. The molecule has 1 aliphatic carbocycles. The van der Waals surface area contributed by atoms with Gasteiger partial charge in [-0.15, -0.1) is 0 Å². The quantitative estimate of drug-likeness (QED) is 0.781. The van der Waals surface area contributed by atoms with E-state index in [1.54, 1.807) is 6.26 Å². The number of carbonyl (C=O) groups is 1. The van der Waals surface area contributed by atoms with Crippen LogP contribution in [0.4, 0.5) is 0 Å². The van der Waals surface area contributed by atoms with Gasteiger partial charge in [0.25, 0.3) is 0 Å². The maximum Gasteiger partial charge on any atom is 0.223 e. The highest BCUT2D eigenvalue weighted by molar-refractivity contribution is 5.79. The van der Waals surface area contributed by atoms with Gasteiger partial charge in [0.15, 0.2) is 6.39 Å². The zero-order valence-corrected chi connectivity index (χ0v) is 8.03. The van der Waals surface area contributed by atoms with Crippen molar-refractivity contribution in [2.24, 2.45) is 5.92 Å². The van der Waals surface area contributed by atoms with Crippen LogP contribution in [0.5, 0.6) is 0 Å². The fraction of sp³-hybridized carbons (Fsp3) is 0.600. The summed E-state index contributed by atoms with van der Waals surface area (Å²) in [6, 6.07) is 0. The summed E-state index contributed by atoms with van der Waals surface area (Å²) in [5, 5.41) is 2.90. The molecule has 0 aromatic carbocycles. The number of amides is 1. The van der Waals surface area contributed by atoms with E-state index in [1.807, 2.05) is 0 Å². The molecule has 1 fully saturated rings. The Hall–Kier alpha value is -1.32. The molecular formula is C10H14N2O2. The van der Waals surface area contributed by atoms with Crippen molar-refractivity contribution in [3.05, 3.63) is 18.4 Å². The molecule has 0 atom stereocenters. The van der Waals surface area contributed by atoms with Gasteiger partial charge in [-0.2, -0.15) is 0 Å². The van der Waals surface area contributed by atoms with Crippen molar-refractivity contribution in [2.45, 2.75) is 25.7 Å². The van der Waals surface area contributed by atoms with Crippen molar-refractivity contribution in [1.82, 2.24) is 10.3 Å². The molecule has 0 aliphatic heterocycles. The van der Waals surface area contributed by atoms with E-state index in [0.29, 0.717) is 6.54 Å². The molecule has 0 bridgehead atoms. The first-order valence-electron chi connectivity index (χ1n) is 5.01. The highest BCUT2D eigenvalue weighted by Crippen LogP contribution is 2.25. The van der Waals surface area contributed by atoms with Gasteiger partial charge in [-0.05, 0) is 12.8 Å². The SMILES string of the molecule is O=C(NCCc1cocn1)C1CCC1. The van der Waals surface area contributed by atoms with Gasteiger partial charge in [-0.1, -0.05) is 6.42 Å². The maximum absolute atomic E-state index is 11.4. The summed E-state index contributed by atoms with van der Waals surface area (Å²) >= 11 is 0. The maximum atomic E-state index is 11.4. The predicted molar refractivity (Wildman–Crippen MR) is 50.6 cm³/mol. The topological polar surface area (TPSA) is 55.1 Å². The molecule has 1 N–H and O–H groups in total. The minimum Gasteiger partial charge on any atom is -0.451 e. The third-order valence-corrected chi connectivity index (χ3v) is 2.64. The molecule has 0 saturated heterocycles. The lowest BCUT2D eigenvalue weighted by atomic mass is 9.85. The number of nitrogens with one attached hydrogen (secondary N) is 1. The van der Waals surface area contributed by atoms with Crippen LogP contribution in [0, 0.1) is 5.92 Å². The summed E-state index contributed by atoms with van der Waals surface area (Å²) in [5.41, 5.74) is 0.888. The molecule has 1 aliphatic rings. The third-order valence-electron chi connectivity index (χ3n) is 2.64. The highest BCUT2D eigenvalue weighted by Gasteiger charge is 2.24. The lowest BCUT2D eigenvalue weighted by molar-refractivity contribution is -0.127. The summed E-state index contributed by atoms with van der Waals surface area (Å²) in [4.78, 5) is 15.4. The first-order chi connectivity index (χ1) is 6.86. The summed E-state index contributed by atoms with van der Waals surface area (Å²) in [5.74, 6) is 0.465. The second-order valence-corrected chi connectivity index (χ2v) is 3.65. The Morgan fingerprint density at radius 1 is 1.64 bits per heavy atom. The summed E-state index contributed by atoms with van der Waals surface area (Å²) in [6.45, 7) is 0.655. The molecule has 76 valence electrons. The molecule has 0 radical (unpaired) electrons. The van der Waals surface area contributed by atoms with Crippen LogP contribution in [0.2, 0.25) is 0 Å². The van der Waals surface area contributed by atoms with Gasteiger partial charge in [0.2, 0.25) is 5.91 Å². The highest BCUT2D eigenvalue weighted by atomic mass is 16.3. The standard InChI is InChI=1S/C10H14N2O2/c13-10(8-2-1-3-8)11-5-4-9-6-14-7-12-9/h6-8H,1-5H2,(H,11,13). The Balaban J connectivity index is 1.65. The van der Waals surface area contributed by atoms with Crippen molar-refractivity contribution >= 4 is 5.91 Å². The number of nitrogens with zero attached hydrogens (tertiary/aromatic N) is 1. The third kappa shape index (κ3) is 2.13. The minimum absolute atomic E-state index is 0.194. The second kappa shape index (κ2) is 4.26. The molecule has 4 heteroatoms.